The Kier molecular flexibility index (Phi) is 5.33. The van der Waals surface area contributed by atoms with Gasteiger partial charge in [0.2, 0.25) is 0 Å². The Balaban J connectivity index is 2.08. The Labute approximate surface area is 125 Å². The number of likely N-dealkylation sites (N-methyl/N-ethyl adjacent to an activating group) is 1. The molecule has 5 nitrogen and oxygen atoms in total. The smallest absolute Gasteiger partial charge is 0.312 e. The van der Waals surface area contributed by atoms with Gasteiger partial charge in [-0.2, -0.15) is 0 Å². The van der Waals surface area contributed by atoms with Gasteiger partial charge in [0.05, 0.1) is 0 Å². The molecule has 21 heavy (non-hydrogen) atoms. The van der Waals surface area contributed by atoms with Crippen molar-refractivity contribution in [3.63, 3.8) is 0 Å². The number of amides is 2. The molecule has 0 saturated carbocycles. The molecule has 0 aliphatic carbocycles. The van der Waals surface area contributed by atoms with E-state index in [9.17, 15) is 9.59 Å². The minimum atomic E-state index is -0.413. The summed E-state index contributed by atoms with van der Waals surface area (Å²) in [6.07, 6.45) is 1.03. The first-order valence-electron chi connectivity index (χ1n) is 7.46. The third-order valence-corrected chi connectivity index (χ3v) is 3.77. The Hall–Kier alpha value is -1.88. The molecule has 1 unspecified atom stereocenters. The summed E-state index contributed by atoms with van der Waals surface area (Å²) in [5.41, 5.74) is 1.14. The zero-order valence-corrected chi connectivity index (χ0v) is 12.7. The fraction of sp³-hybridized carbons (Fsp3) is 0.500. The summed E-state index contributed by atoms with van der Waals surface area (Å²) in [7, 11) is 1.67. The maximum Gasteiger partial charge on any atom is 0.312 e. The first-order chi connectivity index (χ1) is 10.1. The van der Waals surface area contributed by atoms with E-state index in [2.05, 4.69) is 24.4 Å². The average molecular weight is 289 g/mol. The maximum atomic E-state index is 12.1. The summed E-state index contributed by atoms with van der Waals surface area (Å²) in [6, 6.07) is 10.1. The Morgan fingerprint density at radius 3 is 2.52 bits per heavy atom. The number of piperazine rings is 1. The molecule has 1 heterocycles. The Morgan fingerprint density at radius 2 is 1.86 bits per heavy atom. The van der Waals surface area contributed by atoms with Gasteiger partial charge in [0.25, 0.3) is 0 Å². The molecule has 1 N–H and O–H groups in total. The highest BCUT2D eigenvalue weighted by Gasteiger charge is 2.31. The van der Waals surface area contributed by atoms with Crippen molar-refractivity contribution in [1.29, 1.82) is 0 Å². The van der Waals surface area contributed by atoms with Crippen molar-refractivity contribution in [2.45, 2.75) is 19.4 Å². The van der Waals surface area contributed by atoms with Crippen molar-refractivity contribution in [3.8, 4) is 0 Å². The normalized spacial score (nSPS) is 17.2. The van der Waals surface area contributed by atoms with Crippen LogP contribution in [0, 0.1) is 0 Å². The van der Waals surface area contributed by atoms with Gasteiger partial charge in [-0.05, 0) is 18.5 Å². The number of nitrogens with zero attached hydrogens (tertiary/aromatic N) is 2. The molecule has 1 aromatic carbocycles. The summed E-state index contributed by atoms with van der Waals surface area (Å²) in [6.45, 7) is 4.72. The Morgan fingerprint density at radius 1 is 1.14 bits per heavy atom. The van der Waals surface area contributed by atoms with E-state index in [0.717, 1.165) is 18.5 Å². The second kappa shape index (κ2) is 7.22. The molecule has 1 fully saturated rings. The van der Waals surface area contributed by atoms with E-state index in [1.165, 1.54) is 4.90 Å². The predicted molar refractivity (Wildman–Crippen MR) is 81.7 cm³/mol. The van der Waals surface area contributed by atoms with Gasteiger partial charge in [-0.1, -0.05) is 37.3 Å². The fourth-order valence-corrected chi connectivity index (χ4v) is 2.46. The van der Waals surface area contributed by atoms with E-state index in [-0.39, 0.29) is 6.04 Å². The molecule has 1 aliphatic heterocycles. The lowest BCUT2D eigenvalue weighted by Gasteiger charge is -2.34. The SMILES string of the molecule is CCCNC(CN1CCN(C)C(=O)C1=O)c1ccccc1. The monoisotopic (exact) mass is 289 g/mol. The van der Waals surface area contributed by atoms with Crippen LogP contribution in [0.15, 0.2) is 30.3 Å². The molecule has 1 atom stereocenters. The lowest BCUT2D eigenvalue weighted by atomic mass is 10.1. The second-order valence-corrected chi connectivity index (χ2v) is 5.40. The molecular weight excluding hydrogens is 266 g/mol. The summed E-state index contributed by atoms with van der Waals surface area (Å²) < 4.78 is 0. The zero-order chi connectivity index (χ0) is 15.2. The molecule has 0 radical (unpaired) electrons. The van der Waals surface area contributed by atoms with Crippen LogP contribution >= 0.6 is 0 Å². The molecule has 0 aromatic heterocycles. The first kappa shape index (κ1) is 15.5. The molecule has 114 valence electrons. The molecule has 1 saturated heterocycles. The number of nitrogens with one attached hydrogen (secondary N) is 1. The molecular formula is C16H23N3O2. The van der Waals surface area contributed by atoms with Crippen molar-refractivity contribution in [2.75, 3.05) is 33.2 Å². The largest absolute Gasteiger partial charge is 0.336 e. The van der Waals surface area contributed by atoms with Crippen molar-refractivity contribution in [3.05, 3.63) is 35.9 Å². The lowest BCUT2D eigenvalue weighted by Crippen LogP contribution is -2.54. The topological polar surface area (TPSA) is 52.6 Å². The lowest BCUT2D eigenvalue weighted by molar-refractivity contribution is -0.155. The van der Waals surface area contributed by atoms with Gasteiger partial charge in [0.15, 0.2) is 0 Å². The quantitative estimate of drug-likeness (QED) is 0.796. The number of benzene rings is 1. The van der Waals surface area contributed by atoms with Gasteiger partial charge in [-0.15, -0.1) is 0 Å². The van der Waals surface area contributed by atoms with Gasteiger partial charge < -0.3 is 15.1 Å². The number of hydrogen-bond donors (Lipinski definition) is 1. The van der Waals surface area contributed by atoms with Gasteiger partial charge in [-0.3, -0.25) is 9.59 Å². The van der Waals surface area contributed by atoms with Crippen LogP contribution in [0.2, 0.25) is 0 Å². The van der Waals surface area contributed by atoms with Crippen molar-refractivity contribution >= 4 is 11.8 Å². The molecule has 2 amide bonds. The van der Waals surface area contributed by atoms with E-state index in [4.69, 9.17) is 0 Å². The summed E-state index contributed by atoms with van der Waals surface area (Å²) >= 11 is 0. The highest BCUT2D eigenvalue weighted by atomic mass is 16.2. The minimum absolute atomic E-state index is 0.0614. The van der Waals surface area contributed by atoms with Gasteiger partial charge in [0.1, 0.15) is 0 Å². The van der Waals surface area contributed by atoms with Crippen LogP contribution in [0.4, 0.5) is 0 Å². The van der Waals surface area contributed by atoms with Crippen LogP contribution in [0.3, 0.4) is 0 Å². The standard InChI is InChI=1S/C16H23N3O2/c1-3-9-17-14(13-7-5-4-6-8-13)12-19-11-10-18(2)15(20)16(19)21/h4-8,14,17H,3,9-12H2,1-2H3. The van der Waals surface area contributed by atoms with Gasteiger partial charge in [0, 0.05) is 32.7 Å². The minimum Gasteiger partial charge on any atom is -0.336 e. The van der Waals surface area contributed by atoms with Gasteiger partial charge in [-0.25, -0.2) is 0 Å². The highest BCUT2D eigenvalue weighted by Crippen LogP contribution is 2.16. The molecule has 0 bridgehead atoms. The average Bonchev–Trinajstić information content (AvgIpc) is 2.52. The molecule has 1 aliphatic rings. The third-order valence-electron chi connectivity index (χ3n) is 3.77. The van der Waals surface area contributed by atoms with Crippen molar-refractivity contribution < 1.29 is 9.59 Å². The fourth-order valence-electron chi connectivity index (χ4n) is 2.46. The molecule has 1 aromatic rings. The van der Waals surface area contributed by atoms with Crippen LogP contribution in [0.25, 0.3) is 0 Å². The zero-order valence-electron chi connectivity index (χ0n) is 12.7. The summed E-state index contributed by atoms with van der Waals surface area (Å²) in [5.74, 6) is -0.813. The van der Waals surface area contributed by atoms with E-state index in [1.807, 2.05) is 18.2 Å². The van der Waals surface area contributed by atoms with E-state index >= 15 is 0 Å². The van der Waals surface area contributed by atoms with Crippen molar-refractivity contribution in [2.24, 2.45) is 0 Å². The van der Waals surface area contributed by atoms with Crippen LogP contribution in [-0.2, 0) is 9.59 Å². The Bertz CT molecular complexity index is 490. The van der Waals surface area contributed by atoms with E-state index < -0.39 is 11.8 Å². The second-order valence-electron chi connectivity index (χ2n) is 5.40. The van der Waals surface area contributed by atoms with Crippen LogP contribution < -0.4 is 5.32 Å². The summed E-state index contributed by atoms with van der Waals surface area (Å²) in [5, 5.41) is 3.46. The van der Waals surface area contributed by atoms with Crippen molar-refractivity contribution in [1.82, 2.24) is 15.1 Å². The van der Waals surface area contributed by atoms with E-state index in [0.29, 0.717) is 19.6 Å². The van der Waals surface area contributed by atoms with Gasteiger partial charge >= 0.3 is 11.8 Å². The first-order valence-corrected chi connectivity index (χ1v) is 7.46. The third kappa shape index (κ3) is 3.82. The number of rotatable bonds is 6. The highest BCUT2D eigenvalue weighted by molar-refractivity contribution is 6.35. The number of carbonyl (C=O) groups excluding carboxylic acids is 2. The van der Waals surface area contributed by atoms with Crippen LogP contribution in [-0.4, -0.2) is 54.8 Å². The molecule has 0 spiro atoms. The summed E-state index contributed by atoms with van der Waals surface area (Å²) in [4.78, 5) is 27.0. The number of hydrogen-bond acceptors (Lipinski definition) is 3. The predicted octanol–water partition coefficient (Wildman–Crippen LogP) is 1.03. The van der Waals surface area contributed by atoms with Crippen LogP contribution in [0.1, 0.15) is 24.9 Å². The van der Waals surface area contributed by atoms with Crippen LogP contribution in [0.5, 0.6) is 0 Å². The van der Waals surface area contributed by atoms with E-state index in [1.54, 1.807) is 11.9 Å². The molecule has 5 heteroatoms. The maximum absolute atomic E-state index is 12.1. The molecule has 2 rings (SSSR count). The number of carbonyl (C=O) groups is 2.